The number of hydrogen-bond donors (Lipinski definition) is 1. The summed E-state index contributed by atoms with van der Waals surface area (Å²) >= 11 is 3.32. The van der Waals surface area contributed by atoms with E-state index in [1.165, 1.54) is 12.1 Å². The molecule has 0 radical (unpaired) electrons. The van der Waals surface area contributed by atoms with Crippen molar-refractivity contribution in [1.29, 1.82) is 0 Å². The van der Waals surface area contributed by atoms with Gasteiger partial charge in [-0.3, -0.25) is 4.79 Å². The number of carbonyl (C=O) groups is 1. The summed E-state index contributed by atoms with van der Waals surface area (Å²) in [5, 5.41) is 2.12. The van der Waals surface area contributed by atoms with E-state index >= 15 is 0 Å². The van der Waals surface area contributed by atoms with Gasteiger partial charge in [-0.15, -0.1) is 0 Å². The molecule has 0 aromatic heterocycles. The van der Waals surface area contributed by atoms with Gasteiger partial charge in [0.1, 0.15) is 0 Å². The van der Waals surface area contributed by atoms with E-state index in [4.69, 9.17) is 0 Å². The molecule has 0 saturated heterocycles. The number of benzene rings is 2. The van der Waals surface area contributed by atoms with Crippen molar-refractivity contribution >= 4 is 37.4 Å². The van der Waals surface area contributed by atoms with Gasteiger partial charge >= 0.3 is 0 Å². The number of hydrogen-bond acceptors (Lipinski definition) is 3. The van der Waals surface area contributed by atoms with Crippen molar-refractivity contribution in [3.05, 3.63) is 58.6 Å². The molecule has 1 N–H and O–H groups in total. The van der Waals surface area contributed by atoms with E-state index in [2.05, 4.69) is 21.2 Å². The van der Waals surface area contributed by atoms with Crippen molar-refractivity contribution in [3.63, 3.8) is 0 Å². The molecule has 0 unspecified atom stereocenters. The maximum absolute atomic E-state index is 12.4. The summed E-state index contributed by atoms with van der Waals surface area (Å²) in [6.07, 6.45) is 0. The third-order valence-corrected chi connectivity index (χ3v) is 5.90. The lowest BCUT2D eigenvalue weighted by Gasteiger charge is -2.13. The first kappa shape index (κ1) is 16.7. The molecule has 0 bridgehead atoms. The fourth-order valence-electron chi connectivity index (χ4n) is 1.89. The monoisotopic (exact) mass is 381 g/mol. The van der Waals surface area contributed by atoms with Crippen LogP contribution in [0.15, 0.2) is 57.9 Å². The van der Waals surface area contributed by atoms with E-state index in [9.17, 15) is 13.2 Å². The minimum absolute atomic E-state index is 0.0552. The SMILES string of the molecule is CC(C)S(=O)(=O)c1ccccc1C(=O)Nc1ccc(Br)cc1. The summed E-state index contributed by atoms with van der Waals surface area (Å²) in [5.74, 6) is -0.442. The Bertz CT molecular complexity index is 783. The van der Waals surface area contributed by atoms with Gasteiger partial charge in [0, 0.05) is 10.2 Å². The molecular formula is C16H16BrNO3S. The van der Waals surface area contributed by atoms with E-state index in [0.29, 0.717) is 5.69 Å². The summed E-state index contributed by atoms with van der Waals surface area (Å²) in [5.41, 5.74) is 0.754. The molecule has 0 fully saturated rings. The van der Waals surface area contributed by atoms with Crippen molar-refractivity contribution in [1.82, 2.24) is 0 Å². The molecule has 2 aromatic rings. The standard InChI is InChI=1S/C16H16BrNO3S/c1-11(2)22(20,21)15-6-4-3-5-14(15)16(19)18-13-9-7-12(17)8-10-13/h3-11H,1-2H3,(H,18,19). The first-order valence-electron chi connectivity index (χ1n) is 6.72. The van der Waals surface area contributed by atoms with Crippen molar-refractivity contribution in [2.45, 2.75) is 24.0 Å². The van der Waals surface area contributed by atoms with Crippen LogP contribution in [-0.4, -0.2) is 19.6 Å². The maximum Gasteiger partial charge on any atom is 0.256 e. The summed E-state index contributed by atoms with van der Waals surface area (Å²) in [6, 6.07) is 13.3. The molecule has 0 heterocycles. The first-order valence-corrected chi connectivity index (χ1v) is 9.06. The number of sulfone groups is 1. The summed E-state index contributed by atoms with van der Waals surface area (Å²) in [4.78, 5) is 12.5. The van der Waals surface area contributed by atoms with E-state index in [0.717, 1.165) is 4.47 Å². The normalized spacial score (nSPS) is 11.5. The van der Waals surface area contributed by atoms with Crippen LogP contribution < -0.4 is 5.32 Å². The first-order chi connectivity index (χ1) is 10.3. The number of amides is 1. The molecule has 0 atom stereocenters. The summed E-state index contributed by atoms with van der Waals surface area (Å²) in [7, 11) is -3.52. The van der Waals surface area contributed by atoms with Gasteiger partial charge in [0.05, 0.1) is 15.7 Å². The summed E-state index contributed by atoms with van der Waals surface area (Å²) in [6.45, 7) is 3.19. The van der Waals surface area contributed by atoms with Crippen LogP contribution in [0.2, 0.25) is 0 Å². The van der Waals surface area contributed by atoms with Crippen LogP contribution in [0, 0.1) is 0 Å². The highest BCUT2D eigenvalue weighted by Crippen LogP contribution is 2.22. The highest BCUT2D eigenvalue weighted by molar-refractivity contribution is 9.10. The molecule has 6 heteroatoms. The Morgan fingerprint density at radius 3 is 2.23 bits per heavy atom. The van der Waals surface area contributed by atoms with Gasteiger partial charge in [-0.05, 0) is 50.2 Å². The molecule has 0 spiro atoms. The van der Waals surface area contributed by atoms with Crippen LogP contribution in [-0.2, 0) is 9.84 Å². The highest BCUT2D eigenvalue weighted by atomic mass is 79.9. The predicted octanol–water partition coefficient (Wildman–Crippen LogP) is 3.88. The fourth-order valence-corrected chi connectivity index (χ4v) is 3.40. The molecule has 2 rings (SSSR count). The van der Waals surface area contributed by atoms with Gasteiger partial charge in [-0.2, -0.15) is 0 Å². The predicted molar refractivity (Wildman–Crippen MR) is 90.9 cm³/mol. The topological polar surface area (TPSA) is 63.2 Å². The van der Waals surface area contributed by atoms with Crippen LogP contribution in [0.3, 0.4) is 0 Å². The largest absolute Gasteiger partial charge is 0.322 e. The Morgan fingerprint density at radius 1 is 1.05 bits per heavy atom. The average Bonchev–Trinajstić information content (AvgIpc) is 2.49. The van der Waals surface area contributed by atoms with Crippen LogP contribution in [0.5, 0.6) is 0 Å². The van der Waals surface area contributed by atoms with Crippen molar-refractivity contribution in [3.8, 4) is 0 Å². The van der Waals surface area contributed by atoms with Crippen LogP contribution in [0.1, 0.15) is 24.2 Å². The highest BCUT2D eigenvalue weighted by Gasteiger charge is 2.25. The second-order valence-electron chi connectivity index (χ2n) is 5.05. The molecular weight excluding hydrogens is 366 g/mol. The van der Waals surface area contributed by atoms with Crippen molar-refractivity contribution < 1.29 is 13.2 Å². The van der Waals surface area contributed by atoms with E-state index in [1.807, 2.05) is 0 Å². The zero-order valence-electron chi connectivity index (χ0n) is 12.2. The molecule has 0 aliphatic rings. The van der Waals surface area contributed by atoms with E-state index in [1.54, 1.807) is 50.2 Å². The Balaban J connectivity index is 2.37. The van der Waals surface area contributed by atoms with Gasteiger partial charge in [0.2, 0.25) is 0 Å². The Morgan fingerprint density at radius 2 is 1.64 bits per heavy atom. The molecule has 116 valence electrons. The minimum atomic E-state index is -3.52. The molecule has 0 aliphatic carbocycles. The minimum Gasteiger partial charge on any atom is -0.322 e. The van der Waals surface area contributed by atoms with Crippen molar-refractivity contribution in [2.75, 3.05) is 5.32 Å². The molecule has 2 aromatic carbocycles. The summed E-state index contributed by atoms with van der Waals surface area (Å²) < 4.78 is 25.6. The second kappa shape index (κ2) is 6.62. The van der Waals surface area contributed by atoms with Gasteiger partial charge in [0.15, 0.2) is 9.84 Å². The van der Waals surface area contributed by atoms with Gasteiger partial charge in [-0.25, -0.2) is 8.42 Å². The quantitative estimate of drug-likeness (QED) is 0.873. The van der Waals surface area contributed by atoms with E-state index < -0.39 is 21.0 Å². The molecule has 1 amide bonds. The third-order valence-electron chi connectivity index (χ3n) is 3.16. The van der Waals surface area contributed by atoms with Gasteiger partial charge in [-0.1, -0.05) is 28.1 Å². The van der Waals surface area contributed by atoms with Gasteiger partial charge in [0.25, 0.3) is 5.91 Å². The number of anilines is 1. The molecule has 0 saturated carbocycles. The fraction of sp³-hybridized carbons (Fsp3) is 0.188. The zero-order chi connectivity index (χ0) is 16.3. The number of carbonyl (C=O) groups excluding carboxylic acids is 1. The molecule has 22 heavy (non-hydrogen) atoms. The Kier molecular flexibility index (Phi) is 5.03. The number of nitrogens with one attached hydrogen (secondary N) is 1. The van der Waals surface area contributed by atoms with Gasteiger partial charge < -0.3 is 5.32 Å². The lowest BCUT2D eigenvalue weighted by molar-refractivity contribution is 0.102. The number of rotatable bonds is 4. The number of halogens is 1. The smallest absolute Gasteiger partial charge is 0.256 e. The maximum atomic E-state index is 12.4. The third kappa shape index (κ3) is 3.56. The molecule has 0 aliphatic heterocycles. The van der Waals surface area contributed by atoms with Crippen LogP contribution in [0.25, 0.3) is 0 Å². The van der Waals surface area contributed by atoms with Crippen LogP contribution >= 0.6 is 15.9 Å². The second-order valence-corrected chi connectivity index (χ2v) is 8.44. The van der Waals surface area contributed by atoms with Crippen molar-refractivity contribution in [2.24, 2.45) is 0 Å². The Hall–Kier alpha value is -1.66. The van der Waals surface area contributed by atoms with E-state index in [-0.39, 0.29) is 10.5 Å². The lowest BCUT2D eigenvalue weighted by atomic mass is 10.2. The van der Waals surface area contributed by atoms with Crippen LogP contribution in [0.4, 0.5) is 5.69 Å². The molecule has 4 nitrogen and oxygen atoms in total. The average molecular weight is 382 g/mol. The zero-order valence-corrected chi connectivity index (χ0v) is 14.6. The Labute approximate surface area is 138 Å². The lowest BCUT2D eigenvalue weighted by Crippen LogP contribution is -2.20.